The van der Waals surface area contributed by atoms with Gasteiger partial charge in [0.1, 0.15) is 12.4 Å². The molecule has 0 radical (unpaired) electrons. The maximum Gasteiger partial charge on any atom is 0.200 e. The number of rotatable bonds is 3. The first-order chi connectivity index (χ1) is 12.1. The minimum Gasteiger partial charge on any atom is -0.366 e. The molecule has 3 aromatic rings. The van der Waals surface area contributed by atoms with E-state index in [-0.39, 0.29) is 12.2 Å². The second kappa shape index (κ2) is 6.44. The Morgan fingerprint density at radius 1 is 1.16 bits per heavy atom. The molecule has 0 N–H and O–H groups in total. The zero-order valence-corrected chi connectivity index (χ0v) is 14.8. The number of aromatic nitrogens is 4. The molecule has 6 nitrogen and oxygen atoms in total. The lowest BCUT2D eigenvalue weighted by molar-refractivity contribution is -0.0498. The quantitative estimate of drug-likeness (QED) is 0.735. The van der Waals surface area contributed by atoms with E-state index < -0.39 is 0 Å². The zero-order chi connectivity index (χ0) is 17.4. The van der Waals surface area contributed by atoms with Crippen molar-refractivity contribution in [3.05, 3.63) is 54.0 Å². The van der Waals surface area contributed by atoms with Crippen molar-refractivity contribution >= 4 is 11.3 Å². The van der Waals surface area contributed by atoms with Crippen LogP contribution in [0, 0.1) is 12.8 Å². The maximum atomic E-state index is 6.41. The smallest absolute Gasteiger partial charge is 0.200 e. The van der Waals surface area contributed by atoms with Gasteiger partial charge in [0.2, 0.25) is 5.65 Å². The average molecular weight is 337 g/mol. The molecule has 6 heteroatoms. The SMILES string of the molecule is Cc1cc(N2C[C@@H](c3ccccc3)O[C@@H](C(C)C)C2)c2nncn2n1. The van der Waals surface area contributed by atoms with Crippen LogP contribution < -0.4 is 4.90 Å². The molecule has 3 heterocycles. The number of nitrogens with zero attached hydrogens (tertiary/aromatic N) is 5. The molecule has 0 unspecified atom stereocenters. The number of hydrogen-bond donors (Lipinski definition) is 0. The second-order valence-corrected chi connectivity index (χ2v) is 6.99. The van der Waals surface area contributed by atoms with E-state index in [4.69, 9.17) is 4.74 Å². The molecule has 4 rings (SSSR count). The summed E-state index contributed by atoms with van der Waals surface area (Å²) >= 11 is 0. The van der Waals surface area contributed by atoms with E-state index in [0.29, 0.717) is 5.92 Å². The summed E-state index contributed by atoms with van der Waals surface area (Å²) < 4.78 is 8.16. The van der Waals surface area contributed by atoms with Crippen molar-refractivity contribution in [3.63, 3.8) is 0 Å². The van der Waals surface area contributed by atoms with Crippen LogP contribution in [0.1, 0.15) is 31.2 Å². The zero-order valence-electron chi connectivity index (χ0n) is 14.8. The van der Waals surface area contributed by atoms with Crippen LogP contribution >= 0.6 is 0 Å². The molecule has 0 amide bonds. The number of fused-ring (bicyclic) bond motifs is 1. The van der Waals surface area contributed by atoms with Crippen molar-refractivity contribution in [2.45, 2.75) is 33.0 Å². The number of benzene rings is 1. The van der Waals surface area contributed by atoms with Gasteiger partial charge >= 0.3 is 0 Å². The Morgan fingerprint density at radius 2 is 1.96 bits per heavy atom. The van der Waals surface area contributed by atoms with Crippen molar-refractivity contribution in [3.8, 4) is 0 Å². The lowest BCUT2D eigenvalue weighted by atomic mass is 10.0. The summed E-state index contributed by atoms with van der Waals surface area (Å²) in [5.74, 6) is 0.436. The predicted octanol–water partition coefficient (Wildman–Crippen LogP) is 3.04. The summed E-state index contributed by atoms with van der Waals surface area (Å²) in [5, 5.41) is 12.7. The molecule has 1 saturated heterocycles. The van der Waals surface area contributed by atoms with Crippen LogP contribution in [-0.2, 0) is 4.74 Å². The minimum absolute atomic E-state index is 0.0405. The Morgan fingerprint density at radius 3 is 2.72 bits per heavy atom. The molecule has 130 valence electrons. The molecule has 1 aliphatic rings. The summed E-state index contributed by atoms with van der Waals surface area (Å²) in [6, 6.07) is 12.5. The monoisotopic (exact) mass is 337 g/mol. The fourth-order valence-corrected chi connectivity index (χ4v) is 3.37. The highest BCUT2D eigenvalue weighted by molar-refractivity contribution is 5.68. The fourth-order valence-electron chi connectivity index (χ4n) is 3.37. The van der Waals surface area contributed by atoms with Gasteiger partial charge in [-0.3, -0.25) is 0 Å². The normalized spacial score (nSPS) is 21.2. The van der Waals surface area contributed by atoms with E-state index in [9.17, 15) is 0 Å². The van der Waals surface area contributed by atoms with Gasteiger partial charge in [0.25, 0.3) is 0 Å². The van der Waals surface area contributed by atoms with E-state index in [0.717, 1.165) is 30.1 Å². The van der Waals surface area contributed by atoms with Crippen LogP contribution in [-0.4, -0.2) is 39.0 Å². The minimum atomic E-state index is 0.0405. The number of anilines is 1. The van der Waals surface area contributed by atoms with Gasteiger partial charge in [0.05, 0.1) is 17.5 Å². The summed E-state index contributed by atoms with van der Waals surface area (Å²) in [5.41, 5.74) is 4.02. The third kappa shape index (κ3) is 3.09. The molecule has 25 heavy (non-hydrogen) atoms. The van der Waals surface area contributed by atoms with Gasteiger partial charge in [0.15, 0.2) is 0 Å². The van der Waals surface area contributed by atoms with E-state index in [1.54, 1.807) is 10.8 Å². The molecule has 1 fully saturated rings. The van der Waals surface area contributed by atoms with Crippen LogP contribution in [0.25, 0.3) is 5.65 Å². The van der Waals surface area contributed by atoms with Gasteiger partial charge in [-0.05, 0) is 24.5 Å². The summed E-state index contributed by atoms with van der Waals surface area (Å²) in [4.78, 5) is 2.37. The highest BCUT2D eigenvalue weighted by Gasteiger charge is 2.32. The van der Waals surface area contributed by atoms with Crippen LogP contribution in [0.2, 0.25) is 0 Å². The van der Waals surface area contributed by atoms with Crippen LogP contribution in [0.3, 0.4) is 0 Å². The third-order valence-corrected chi connectivity index (χ3v) is 4.75. The van der Waals surface area contributed by atoms with Crippen molar-refractivity contribution in [1.82, 2.24) is 19.8 Å². The molecule has 2 aromatic heterocycles. The van der Waals surface area contributed by atoms with E-state index in [2.05, 4.69) is 64.4 Å². The van der Waals surface area contributed by atoms with Gasteiger partial charge in [-0.1, -0.05) is 44.2 Å². The van der Waals surface area contributed by atoms with E-state index >= 15 is 0 Å². The molecule has 0 saturated carbocycles. The van der Waals surface area contributed by atoms with Crippen molar-refractivity contribution < 1.29 is 4.74 Å². The predicted molar refractivity (Wildman–Crippen MR) is 96.6 cm³/mol. The van der Waals surface area contributed by atoms with Crippen molar-refractivity contribution in [2.24, 2.45) is 5.92 Å². The topological polar surface area (TPSA) is 55.5 Å². The first kappa shape index (κ1) is 16.0. The summed E-state index contributed by atoms with van der Waals surface area (Å²) in [6.07, 6.45) is 1.86. The van der Waals surface area contributed by atoms with Crippen molar-refractivity contribution in [2.75, 3.05) is 18.0 Å². The van der Waals surface area contributed by atoms with Gasteiger partial charge in [-0.25, -0.2) is 0 Å². The Bertz CT molecular complexity index is 861. The Kier molecular flexibility index (Phi) is 4.13. The highest BCUT2D eigenvalue weighted by atomic mass is 16.5. The third-order valence-electron chi connectivity index (χ3n) is 4.75. The largest absolute Gasteiger partial charge is 0.366 e. The number of morpholine rings is 1. The van der Waals surface area contributed by atoms with Gasteiger partial charge in [-0.2, -0.15) is 9.61 Å². The molecule has 1 aromatic carbocycles. The number of hydrogen-bond acceptors (Lipinski definition) is 5. The first-order valence-electron chi connectivity index (χ1n) is 8.75. The number of ether oxygens (including phenoxy) is 1. The van der Waals surface area contributed by atoms with Crippen LogP contribution in [0.4, 0.5) is 5.69 Å². The summed E-state index contributed by atoms with van der Waals surface area (Å²) in [6.45, 7) is 8.05. The van der Waals surface area contributed by atoms with Gasteiger partial charge in [0, 0.05) is 13.1 Å². The lowest BCUT2D eigenvalue weighted by Crippen LogP contribution is -2.46. The molecule has 0 spiro atoms. The standard InChI is InChI=1S/C19H23N5O/c1-13(2)17-10-23(11-18(25-17)15-7-5-4-6-8-15)16-9-14(3)22-24-12-20-21-19(16)24/h4-9,12-13,17-18H,10-11H2,1-3H3/t17-,18+/m1/s1. The number of aryl methyl sites for hydroxylation is 1. The molecular formula is C19H23N5O. The lowest BCUT2D eigenvalue weighted by Gasteiger charge is -2.41. The van der Waals surface area contributed by atoms with Gasteiger partial charge in [-0.15, -0.1) is 10.2 Å². The molecule has 0 aliphatic carbocycles. The molecule has 2 atom stereocenters. The highest BCUT2D eigenvalue weighted by Crippen LogP contribution is 2.32. The van der Waals surface area contributed by atoms with Crippen LogP contribution in [0.5, 0.6) is 0 Å². The Hall–Kier alpha value is -2.47. The molecule has 0 bridgehead atoms. The van der Waals surface area contributed by atoms with Gasteiger partial charge < -0.3 is 9.64 Å². The molecular weight excluding hydrogens is 314 g/mol. The second-order valence-electron chi connectivity index (χ2n) is 6.99. The maximum absolute atomic E-state index is 6.41. The van der Waals surface area contributed by atoms with E-state index in [1.807, 2.05) is 13.0 Å². The van der Waals surface area contributed by atoms with Crippen molar-refractivity contribution in [1.29, 1.82) is 0 Å². The average Bonchev–Trinajstić information content (AvgIpc) is 3.09. The first-order valence-corrected chi connectivity index (χ1v) is 8.75. The molecule has 1 aliphatic heterocycles. The van der Waals surface area contributed by atoms with E-state index in [1.165, 1.54) is 5.56 Å². The Balaban J connectivity index is 1.73. The summed E-state index contributed by atoms with van der Waals surface area (Å²) in [7, 11) is 0. The Labute approximate surface area is 147 Å². The van der Waals surface area contributed by atoms with Crippen LogP contribution in [0.15, 0.2) is 42.7 Å². The fraction of sp³-hybridized carbons (Fsp3) is 0.421.